The quantitative estimate of drug-likeness (QED) is 0.738. The van der Waals surface area contributed by atoms with Crippen LogP contribution in [-0.2, 0) is 28.5 Å². The number of nitrogens with zero attached hydrogens (tertiary/aromatic N) is 2. The van der Waals surface area contributed by atoms with E-state index in [1.54, 1.807) is 6.07 Å². The molecule has 0 saturated carbocycles. The van der Waals surface area contributed by atoms with Crippen molar-refractivity contribution in [1.29, 1.82) is 0 Å². The molecule has 0 saturated heterocycles. The van der Waals surface area contributed by atoms with Crippen LogP contribution >= 0.6 is 11.6 Å². The van der Waals surface area contributed by atoms with E-state index in [-0.39, 0.29) is 24.1 Å². The summed E-state index contributed by atoms with van der Waals surface area (Å²) in [5.74, 6) is 0. The predicted molar refractivity (Wildman–Crippen MR) is 113 cm³/mol. The SMILES string of the molecule is NC1=N[C@@H](Cc2cccc(C(F)(F)F)c2)CO1.NC1=N[C@@H](Cc2ccccc2Cl)CO1. The third-order valence-electron chi connectivity index (χ3n) is 4.61. The Morgan fingerprint density at radius 1 is 0.903 bits per heavy atom. The molecule has 0 aliphatic carbocycles. The second-order valence-electron chi connectivity index (χ2n) is 7.06. The van der Waals surface area contributed by atoms with Crippen molar-refractivity contribution in [2.24, 2.45) is 21.5 Å². The zero-order chi connectivity index (χ0) is 22.4. The van der Waals surface area contributed by atoms with Gasteiger partial charge in [-0.3, -0.25) is 0 Å². The molecule has 4 rings (SSSR count). The number of nitrogens with two attached hydrogens (primary N) is 2. The van der Waals surface area contributed by atoms with Crippen molar-refractivity contribution in [3.8, 4) is 0 Å². The van der Waals surface area contributed by atoms with Crippen LogP contribution < -0.4 is 11.5 Å². The van der Waals surface area contributed by atoms with E-state index in [9.17, 15) is 13.2 Å². The summed E-state index contributed by atoms with van der Waals surface area (Å²) in [7, 11) is 0. The molecule has 2 atom stereocenters. The highest BCUT2D eigenvalue weighted by Gasteiger charge is 2.30. The van der Waals surface area contributed by atoms with Crippen molar-refractivity contribution >= 4 is 23.6 Å². The van der Waals surface area contributed by atoms with Gasteiger partial charge in [-0.1, -0.05) is 48.0 Å². The van der Waals surface area contributed by atoms with Gasteiger partial charge in [0.15, 0.2) is 0 Å². The number of halogens is 4. The van der Waals surface area contributed by atoms with Crippen LogP contribution in [0.25, 0.3) is 0 Å². The van der Waals surface area contributed by atoms with Crippen molar-refractivity contribution in [3.63, 3.8) is 0 Å². The summed E-state index contributed by atoms with van der Waals surface area (Å²) in [5, 5.41) is 0.771. The lowest BCUT2D eigenvalue weighted by Crippen LogP contribution is -2.12. The van der Waals surface area contributed by atoms with Crippen molar-refractivity contribution in [3.05, 3.63) is 70.2 Å². The van der Waals surface area contributed by atoms with Crippen LogP contribution in [0.4, 0.5) is 13.2 Å². The smallest absolute Gasteiger partial charge is 0.416 e. The molecule has 166 valence electrons. The summed E-state index contributed by atoms with van der Waals surface area (Å²) >= 11 is 6.02. The number of aliphatic imine (C=N–C) groups is 2. The van der Waals surface area contributed by atoms with Gasteiger partial charge in [0.1, 0.15) is 13.2 Å². The van der Waals surface area contributed by atoms with E-state index in [1.165, 1.54) is 6.07 Å². The minimum atomic E-state index is -4.31. The number of hydrogen-bond donors (Lipinski definition) is 2. The Morgan fingerprint density at radius 2 is 1.52 bits per heavy atom. The Kier molecular flexibility index (Phi) is 7.27. The average molecular weight is 455 g/mol. The Hall–Kier alpha value is -2.94. The highest BCUT2D eigenvalue weighted by molar-refractivity contribution is 6.31. The lowest BCUT2D eigenvalue weighted by atomic mass is 10.0. The molecule has 0 radical (unpaired) electrons. The molecular formula is C21H22ClF3N4O2. The van der Waals surface area contributed by atoms with Crippen molar-refractivity contribution in [2.45, 2.75) is 31.1 Å². The first-order valence-electron chi connectivity index (χ1n) is 9.52. The fourth-order valence-electron chi connectivity index (χ4n) is 3.15. The first-order chi connectivity index (χ1) is 14.7. The third-order valence-corrected chi connectivity index (χ3v) is 4.97. The second-order valence-corrected chi connectivity index (χ2v) is 7.47. The zero-order valence-electron chi connectivity index (χ0n) is 16.5. The van der Waals surface area contributed by atoms with E-state index in [2.05, 4.69) is 9.98 Å². The maximum Gasteiger partial charge on any atom is 0.416 e. The normalized spacial score (nSPS) is 20.1. The number of rotatable bonds is 4. The van der Waals surface area contributed by atoms with Gasteiger partial charge in [-0.25, -0.2) is 9.98 Å². The summed E-state index contributed by atoms with van der Waals surface area (Å²) in [6.45, 7) is 0.874. The number of alkyl halides is 3. The van der Waals surface area contributed by atoms with Gasteiger partial charge in [0.05, 0.1) is 17.6 Å². The van der Waals surface area contributed by atoms with Gasteiger partial charge in [-0.2, -0.15) is 13.2 Å². The summed E-state index contributed by atoms with van der Waals surface area (Å²) in [6.07, 6.45) is -3.14. The summed E-state index contributed by atoms with van der Waals surface area (Å²) in [6, 6.07) is 13.2. The van der Waals surface area contributed by atoms with Crippen molar-refractivity contribution in [2.75, 3.05) is 13.2 Å². The molecule has 2 heterocycles. The van der Waals surface area contributed by atoms with Gasteiger partial charge in [0.2, 0.25) is 0 Å². The van der Waals surface area contributed by atoms with Crippen LogP contribution in [0.15, 0.2) is 58.5 Å². The number of amidine groups is 2. The largest absolute Gasteiger partial charge is 0.463 e. The highest BCUT2D eigenvalue weighted by atomic mass is 35.5. The van der Waals surface area contributed by atoms with Crippen molar-refractivity contribution < 1.29 is 22.6 Å². The summed E-state index contributed by atoms with van der Waals surface area (Å²) < 4.78 is 47.4. The van der Waals surface area contributed by atoms with E-state index < -0.39 is 11.7 Å². The number of ether oxygens (including phenoxy) is 2. The lowest BCUT2D eigenvalue weighted by Gasteiger charge is -2.09. The maximum absolute atomic E-state index is 12.5. The first-order valence-corrected chi connectivity index (χ1v) is 9.90. The molecule has 10 heteroatoms. The first kappa shape index (κ1) is 22.7. The molecule has 0 fully saturated rings. The van der Waals surface area contributed by atoms with E-state index in [0.717, 1.165) is 29.1 Å². The van der Waals surface area contributed by atoms with E-state index in [1.807, 2.05) is 24.3 Å². The number of hydrogen-bond acceptors (Lipinski definition) is 6. The minimum Gasteiger partial charge on any atom is -0.463 e. The molecule has 31 heavy (non-hydrogen) atoms. The third kappa shape index (κ3) is 6.78. The molecule has 0 unspecified atom stereocenters. The monoisotopic (exact) mass is 454 g/mol. The van der Waals surface area contributed by atoms with Crippen LogP contribution in [0.1, 0.15) is 16.7 Å². The van der Waals surface area contributed by atoms with Crippen LogP contribution in [0.2, 0.25) is 5.02 Å². The summed E-state index contributed by atoms with van der Waals surface area (Å²) in [5.41, 5.74) is 11.8. The van der Waals surface area contributed by atoms with Gasteiger partial charge in [0.25, 0.3) is 12.0 Å². The molecule has 2 aliphatic rings. The maximum atomic E-state index is 12.5. The fourth-order valence-corrected chi connectivity index (χ4v) is 3.36. The molecule has 4 N–H and O–H groups in total. The van der Waals surface area contributed by atoms with E-state index in [0.29, 0.717) is 25.2 Å². The zero-order valence-corrected chi connectivity index (χ0v) is 17.2. The van der Waals surface area contributed by atoms with E-state index >= 15 is 0 Å². The van der Waals surface area contributed by atoms with Gasteiger partial charge in [0, 0.05) is 5.02 Å². The van der Waals surface area contributed by atoms with Crippen LogP contribution in [-0.4, -0.2) is 37.3 Å². The Balaban J connectivity index is 0.000000179. The topological polar surface area (TPSA) is 95.2 Å². The molecule has 2 aliphatic heterocycles. The van der Waals surface area contributed by atoms with Gasteiger partial charge in [-0.05, 0) is 36.1 Å². The molecule has 2 aromatic rings. The standard InChI is InChI=1S/C11H11F3N2O.C10H11ClN2O/c12-11(13,14)8-3-1-2-7(4-8)5-9-6-17-10(15)16-9;11-9-4-2-1-3-7(9)5-8-6-14-10(12)13-8/h1-4,9H,5-6H2,(H2,15,16);1-4,8H,5-6H2,(H2,12,13)/t9-;8-/m00/s1. The molecule has 6 nitrogen and oxygen atoms in total. The minimum absolute atomic E-state index is 0.0991. The Morgan fingerprint density at radius 3 is 2.06 bits per heavy atom. The van der Waals surface area contributed by atoms with Crippen LogP contribution in [0.5, 0.6) is 0 Å². The van der Waals surface area contributed by atoms with Gasteiger partial charge in [-0.15, -0.1) is 0 Å². The van der Waals surface area contributed by atoms with Gasteiger partial charge >= 0.3 is 6.18 Å². The molecular weight excluding hydrogens is 433 g/mol. The average Bonchev–Trinajstić information content (AvgIpc) is 3.31. The van der Waals surface area contributed by atoms with Gasteiger partial charge < -0.3 is 20.9 Å². The Labute approximate surface area is 182 Å². The number of benzene rings is 2. The molecule has 0 aromatic heterocycles. The fraction of sp³-hybridized carbons (Fsp3) is 0.333. The Bertz CT molecular complexity index is 966. The van der Waals surface area contributed by atoms with Crippen molar-refractivity contribution in [1.82, 2.24) is 0 Å². The lowest BCUT2D eigenvalue weighted by molar-refractivity contribution is -0.137. The highest BCUT2D eigenvalue weighted by Crippen LogP contribution is 2.30. The second kappa shape index (κ2) is 9.91. The van der Waals surface area contributed by atoms with Crippen LogP contribution in [0, 0.1) is 0 Å². The summed E-state index contributed by atoms with van der Waals surface area (Å²) in [4.78, 5) is 8.10. The van der Waals surface area contributed by atoms with E-state index in [4.69, 9.17) is 32.5 Å². The predicted octanol–water partition coefficient (Wildman–Crippen LogP) is 3.56. The molecule has 0 spiro atoms. The molecule has 0 bridgehead atoms. The molecule has 2 aromatic carbocycles. The van der Waals surface area contributed by atoms with Crippen LogP contribution in [0.3, 0.4) is 0 Å². The molecule has 0 amide bonds.